The lowest BCUT2D eigenvalue weighted by Crippen LogP contribution is -2.19. The fourth-order valence-electron chi connectivity index (χ4n) is 3.64. The molecule has 1 aliphatic heterocycles. The normalized spacial score (nSPS) is 16.2. The summed E-state index contributed by atoms with van der Waals surface area (Å²) >= 11 is 0. The lowest BCUT2D eigenvalue weighted by atomic mass is 9.88. The summed E-state index contributed by atoms with van der Waals surface area (Å²) in [7, 11) is 0. The fourth-order valence-corrected chi connectivity index (χ4v) is 3.64. The summed E-state index contributed by atoms with van der Waals surface area (Å²) < 4.78 is 55.1. The maximum absolute atomic E-state index is 13.5. The minimum absolute atomic E-state index is 0.0154. The van der Waals surface area contributed by atoms with Crippen LogP contribution in [0.3, 0.4) is 0 Å². The molecule has 1 atom stereocenters. The second-order valence-electron chi connectivity index (χ2n) is 6.70. The van der Waals surface area contributed by atoms with E-state index in [0.717, 1.165) is 35.2 Å². The summed E-state index contributed by atoms with van der Waals surface area (Å²) in [4.78, 5) is 0. The Kier molecular flexibility index (Phi) is 4.71. The molecular formula is C22H17F4NO. The number of hydrogen-bond acceptors (Lipinski definition) is 2. The minimum atomic E-state index is -4.73. The van der Waals surface area contributed by atoms with Crippen molar-refractivity contribution >= 4 is 5.69 Å². The Labute approximate surface area is 159 Å². The lowest BCUT2D eigenvalue weighted by Gasteiger charge is -2.29. The van der Waals surface area contributed by atoms with Crippen molar-refractivity contribution in [3.05, 3.63) is 83.7 Å². The quantitative estimate of drug-likeness (QED) is 0.519. The SMILES string of the molecule is Fc1cccc(C2CCc3c(cccc3-c3cccc(OC(F)(F)F)c3)N2)c1. The van der Waals surface area contributed by atoms with Crippen LogP contribution < -0.4 is 10.1 Å². The van der Waals surface area contributed by atoms with Gasteiger partial charge in [-0.2, -0.15) is 0 Å². The Morgan fingerprint density at radius 1 is 0.929 bits per heavy atom. The zero-order valence-electron chi connectivity index (χ0n) is 14.8. The third-order valence-electron chi connectivity index (χ3n) is 4.82. The maximum Gasteiger partial charge on any atom is 0.573 e. The van der Waals surface area contributed by atoms with Crippen LogP contribution in [0, 0.1) is 5.82 Å². The molecule has 3 aromatic rings. The Morgan fingerprint density at radius 3 is 2.50 bits per heavy atom. The highest BCUT2D eigenvalue weighted by molar-refractivity contribution is 5.76. The highest BCUT2D eigenvalue weighted by Crippen LogP contribution is 2.39. The van der Waals surface area contributed by atoms with E-state index >= 15 is 0 Å². The number of benzene rings is 3. The van der Waals surface area contributed by atoms with Gasteiger partial charge in [-0.05, 0) is 65.4 Å². The average Bonchev–Trinajstić information content (AvgIpc) is 2.66. The van der Waals surface area contributed by atoms with Gasteiger partial charge in [0.25, 0.3) is 0 Å². The van der Waals surface area contributed by atoms with E-state index in [1.165, 1.54) is 24.3 Å². The third-order valence-corrected chi connectivity index (χ3v) is 4.82. The average molecular weight is 387 g/mol. The Bertz CT molecular complexity index is 1000. The Balaban J connectivity index is 1.64. The number of hydrogen-bond donors (Lipinski definition) is 1. The number of anilines is 1. The molecule has 28 heavy (non-hydrogen) atoms. The van der Waals surface area contributed by atoms with Gasteiger partial charge in [0.2, 0.25) is 0 Å². The number of fused-ring (bicyclic) bond motifs is 1. The van der Waals surface area contributed by atoms with E-state index in [2.05, 4.69) is 10.1 Å². The van der Waals surface area contributed by atoms with E-state index in [9.17, 15) is 17.6 Å². The second-order valence-corrected chi connectivity index (χ2v) is 6.70. The molecule has 2 nitrogen and oxygen atoms in total. The predicted octanol–water partition coefficient (Wildman–Crippen LogP) is 6.49. The first kappa shape index (κ1) is 18.3. The molecule has 1 aliphatic rings. The van der Waals surface area contributed by atoms with Crippen molar-refractivity contribution in [2.24, 2.45) is 0 Å². The van der Waals surface area contributed by atoms with Gasteiger partial charge in [-0.3, -0.25) is 0 Å². The predicted molar refractivity (Wildman–Crippen MR) is 99.6 cm³/mol. The molecule has 0 fully saturated rings. The first-order chi connectivity index (χ1) is 13.4. The van der Waals surface area contributed by atoms with Gasteiger partial charge in [0.1, 0.15) is 11.6 Å². The molecule has 3 aromatic carbocycles. The molecule has 0 aliphatic carbocycles. The zero-order valence-corrected chi connectivity index (χ0v) is 14.8. The van der Waals surface area contributed by atoms with Crippen LogP contribution in [-0.2, 0) is 6.42 Å². The third kappa shape index (κ3) is 3.96. The smallest absolute Gasteiger partial charge is 0.406 e. The van der Waals surface area contributed by atoms with Gasteiger partial charge in [0.15, 0.2) is 0 Å². The van der Waals surface area contributed by atoms with Crippen molar-refractivity contribution < 1.29 is 22.3 Å². The van der Waals surface area contributed by atoms with Crippen molar-refractivity contribution in [3.63, 3.8) is 0 Å². The van der Waals surface area contributed by atoms with E-state index in [0.29, 0.717) is 5.56 Å². The van der Waals surface area contributed by atoms with Crippen LogP contribution in [0.5, 0.6) is 5.75 Å². The van der Waals surface area contributed by atoms with Crippen LogP contribution in [0.15, 0.2) is 66.7 Å². The zero-order chi connectivity index (χ0) is 19.7. The van der Waals surface area contributed by atoms with Crippen LogP contribution in [0.4, 0.5) is 23.2 Å². The summed E-state index contributed by atoms with van der Waals surface area (Å²) in [5, 5.41) is 3.43. The highest BCUT2D eigenvalue weighted by atomic mass is 19.4. The monoisotopic (exact) mass is 387 g/mol. The summed E-state index contributed by atoms with van der Waals surface area (Å²) in [6.07, 6.45) is -3.25. The van der Waals surface area contributed by atoms with Gasteiger partial charge in [0, 0.05) is 5.69 Å². The molecule has 0 amide bonds. The van der Waals surface area contributed by atoms with Crippen LogP contribution in [0.1, 0.15) is 23.6 Å². The Morgan fingerprint density at radius 2 is 1.71 bits per heavy atom. The van der Waals surface area contributed by atoms with Crippen LogP contribution in [0.2, 0.25) is 0 Å². The van der Waals surface area contributed by atoms with Crippen LogP contribution in [-0.4, -0.2) is 6.36 Å². The molecule has 0 bridgehead atoms. The number of alkyl halides is 3. The molecule has 1 heterocycles. The van der Waals surface area contributed by atoms with E-state index in [-0.39, 0.29) is 17.6 Å². The van der Waals surface area contributed by atoms with Crippen molar-refractivity contribution in [1.82, 2.24) is 0 Å². The molecule has 1 unspecified atom stereocenters. The lowest BCUT2D eigenvalue weighted by molar-refractivity contribution is -0.274. The first-order valence-electron chi connectivity index (χ1n) is 8.89. The number of halogens is 4. The molecule has 0 spiro atoms. The summed E-state index contributed by atoms with van der Waals surface area (Å²) in [6.45, 7) is 0. The Hall–Kier alpha value is -3.02. The number of ether oxygens (including phenoxy) is 1. The maximum atomic E-state index is 13.5. The van der Waals surface area contributed by atoms with Gasteiger partial charge < -0.3 is 10.1 Å². The standard InChI is InChI=1S/C22H17F4NO/c23-16-6-1-5-15(12-16)20-11-10-19-18(8-3-9-21(19)27-20)14-4-2-7-17(13-14)28-22(24,25)26/h1-9,12-13,20,27H,10-11H2. The molecular weight excluding hydrogens is 370 g/mol. The molecule has 6 heteroatoms. The second kappa shape index (κ2) is 7.19. The van der Waals surface area contributed by atoms with E-state index in [1.807, 2.05) is 24.3 Å². The first-order valence-corrected chi connectivity index (χ1v) is 8.89. The van der Waals surface area contributed by atoms with Gasteiger partial charge >= 0.3 is 6.36 Å². The summed E-state index contributed by atoms with van der Waals surface area (Å²) in [5.74, 6) is -0.524. The van der Waals surface area contributed by atoms with E-state index in [1.54, 1.807) is 18.2 Å². The van der Waals surface area contributed by atoms with Crippen LogP contribution in [0.25, 0.3) is 11.1 Å². The fraction of sp³-hybridized carbons (Fsp3) is 0.182. The van der Waals surface area contributed by atoms with Crippen molar-refractivity contribution in [2.75, 3.05) is 5.32 Å². The minimum Gasteiger partial charge on any atom is -0.406 e. The molecule has 0 radical (unpaired) electrons. The summed E-state index contributed by atoms with van der Waals surface area (Å²) in [5.41, 5.74) is 4.32. The molecule has 4 rings (SSSR count). The van der Waals surface area contributed by atoms with Crippen molar-refractivity contribution in [1.29, 1.82) is 0 Å². The molecule has 1 N–H and O–H groups in total. The highest BCUT2D eigenvalue weighted by Gasteiger charge is 2.31. The van der Waals surface area contributed by atoms with E-state index in [4.69, 9.17) is 0 Å². The number of rotatable bonds is 3. The van der Waals surface area contributed by atoms with Crippen molar-refractivity contribution in [3.8, 4) is 16.9 Å². The molecule has 0 aromatic heterocycles. The van der Waals surface area contributed by atoms with E-state index < -0.39 is 6.36 Å². The van der Waals surface area contributed by atoms with Gasteiger partial charge in [-0.15, -0.1) is 13.2 Å². The molecule has 0 saturated heterocycles. The van der Waals surface area contributed by atoms with Gasteiger partial charge in [-0.25, -0.2) is 4.39 Å². The van der Waals surface area contributed by atoms with Crippen LogP contribution >= 0.6 is 0 Å². The van der Waals surface area contributed by atoms with Gasteiger partial charge in [0.05, 0.1) is 6.04 Å². The topological polar surface area (TPSA) is 21.3 Å². The number of nitrogens with one attached hydrogen (secondary N) is 1. The molecule has 144 valence electrons. The van der Waals surface area contributed by atoms with Crippen molar-refractivity contribution in [2.45, 2.75) is 25.2 Å². The summed E-state index contributed by atoms with van der Waals surface area (Å²) in [6, 6.07) is 18.1. The largest absolute Gasteiger partial charge is 0.573 e. The molecule has 0 saturated carbocycles. The van der Waals surface area contributed by atoms with Gasteiger partial charge in [-0.1, -0.05) is 36.4 Å².